The molecule has 0 aliphatic carbocycles. The Hall–Kier alpha value is -3.69. The number of amides is 1. The number of carbonyl (C=O) groups is 1. The fourth-order valence-electron chi connectivity index (χ4n) is 5.02. The molecule has 1 saturated heterocycles. The Morgan fingerprint density at radius 1 is 1.05 bits per heavy atom. The second-order valence-electron chi connectivity index (χ2n) is 11.1. The van der Waals surface area contributed by atoms with Crippen molar-refractivity contribution >= 4 is 6.09 Å². The van der Waals surface area contributed by atoms with Crippen molar-refractivity contribution in [3.05, 3.63) is 89.7 Å². The number of rotatable bonds is 7. The molecule has 1 aliphatic rings. The summed E-state index contributed by atoms with van der Waals surface area (Å²) in [6.45, 7) is 9.72. The van der Waals surface area contributed by atoms with Gasteiger partial charge in [0.25, 0.3) is 0 Å². The van der Waals surface area contributed by atoms with Crippen LogP contribution in [0.3, 0.4) is 0 Å². The molecular formula is C31H35N3O3. The van der Waals surface area contributed by atoms with Gasteiger partial charge in [-0.3, -0.25) is 4.98 Å². The third-order valence-corrected chi connectivity index (χ3v) is 7.17. The van der Waals surface area contributed by atoms with Crippen LogP contribution < -0.4 is 0 Å². The van der Waals surface area contributed by atoms with Gasteiger partial charge in [0, 0.05) is 31.1 Å². The topological polar surface area (TPSA) is 86.5 Å². The van der Waals surface area contributed by atoms with E-state index in [0.717, 1.165) is 27.9 Å². The molecule has 1 aliphatic heterocycles. The summed E-state index contributed by atoms with van der Waals surface area (Å²) in [5.41, 5.74) is 2.14. The summed E-state index contributed by atoms with van der Waals surface area (Å²) in [5.74, 6) is 0. The molecular weight excluding hydrogens is 462 g/mol. The van der Waals surface area contributed by atoms with Crippen LogP contribution in [0.5, 0.6) is 0 Å². The van der Waals surface area contributed by atoms with E-state index in [9.17, 15) is 15.2 Å². The first kappa shape index (κ1) is 26.4. The highest BCUT2D eigenvalue weighted by Gasteiger charge is 2.46. The zero-order valence-corrected chi connectivity index (χ0v) is 22.2. The number of benzene rings is 2. The van der Waals surface area contributed by atoms with Gasteiger partial charge in [0.2, 0.25) is 0 Å². The number of carbonyl (C=O) groups excluding carboxylic acids is 1. The van der Waals surface area contributed by atoms with E-state index in [0.29, 0.717) is 19.4 Å². The van der Waals surface area contributed by atoms with Gasteiger partial charge >= 0.3 is 6.09 Å². The summed E-state index contributed by atoms with van der Waals surface area (Å²) in [6.07, 6.45) is 2.33. The van der Waals surface area contributed by atoms with E-state index in [2.05, 4.69) is 11.1 Å². The van der Waals surface area contributed by atoms with Crippen LogP contribution in [0.1, 0.15) is 70.3 Å². The highest BCUT2D eigenvalue weighted by Crippen LogP contribution is 2.42. The molecule has 0 bridgehead atoms. The molecule has 192 valence electrons. The van der Waals surface area contributed by atoms with E-state index < -0.39 is 16.6 Å². The second kappa shape index (κ2) is 9.99. The molecule has 3 aromatic rings. The maximum atomic E-state index is 13.3. The van der Waals surface area contributed by atoms with Crippen molar-refractivity contribution in [3.63, 3.8) is 0 Å². The van der Waals surface area contributed by atoms with Gasteiger partial charge in [-0.1, -0.05) is 60.7 Å². The van der Waals surface area contributed by atoms with Gasteiger partial charge in [-0.25, -0.2) is 4.79 Å². The first-order valence-electron chi connectivity index (χ1n) is 12.7. The van der Waals surface area contributed by atoms with Gasteiger partial charge in [-0.05, 0) is 57.4 Å². The number of ether oxygens (including phenoxy) is 1. The highest BCUT2D eigenvalue weighted by atomic mass is 16.6. The molecule has 0 radical (unpaired) electrons. The van der Waals surface area contributed by atoms with Gasteiger partial charge < -0.3 is 14.7 Å². The van der Waals surface area contributed by atoms with Crippen molar-refractivity contribution < 1.29 is 14.6 Å². The lowest BCUT2D eigenvalue weighted by molar-refractivity contribution is -0.101. The molecule has 0 saturated carbocycles. The maximum Gasteiger partial charge on any atom is 0.411 e. The van der Waals surface area contributed by atoms with E-state index >= 15 is 0 Å². The number of hydrogen-bond donors (Lipinski definition) is 1. The van der Waals surface area contributed by atoms with Gasteiger partial charge in [-0.2, -0.15) is 5.26 Å². The van der Waals surface area contributed by atoms with Crippen molar-refractivity contribution in [1.82, 2.24) is 9.88 Å². The van der Waals surface area contributed by atoms with Crippen molar-refractivity contribution in [2.24, 2.45) is 0 Å². The first-order valence-corrected chi connectivity index (χ1v) is 12.7. The molecule has 4 rings (SSSR count). The first-order chi connectivity index (χ1) is 17.4. The summed E-state index contributed by atoms with van der Waals surface area (Å²) in [6, 6.07) is 23.8. The van der Waals surface area contributed by atoms with Crippen LogP contribution in [0, 0.1) is 11.3 Å². The van der Waals surface area contributed by atoms with Gasteiger partial charge in [-0.15, -0.1) is 0 Å². The average molecular weight is 498 g/mol. The highest BCUT2D eigenvalue weighted by molar-refractivity contribution is 5.70. The van der Waals surface area contributed by atoms with E-state index in [1.54, 1.807) is 24.9 Å². The van der Waals surface area contributed by atoms with Gasteiger partial charge in [0.15, 0.2) is 0 Å². The second-order valence-corrected chi connectivity index (χ2v) is 11.1. The Labute approximate surface area is 219 Å². The summed E-state index contributed by atoms with van der Waals surface area (Å²) < 4.78 is 6.13. The molecule has 1 N–H and O–H groups in total. The number of nitrogens with zero attached hydrogens (tertiary/aromatic N) is 3. The normalized spacial score (nSPS) is 19.2. The summed E-state index contributed by atoms with van der Waals surface area (Å²) in [4.78, 5) is 19.5. The molecule has 1 fully saturated rings. The van der Waals surface area contributed by atoms with Gasteiger partial charge in [0.05, 0.1) is 28.8 Å². The number of cyclic esters (lactones) is 1. The van der Waals surface area contributed by atoms with Crippen LogP contribution in [0.15, 0.2) is 72.9 Å². The molecule has 6 heteroatoms. The standard InChI is InChI=1S/C31H35N3O3/c1-22(23-11-13-24(14-12-23)25-15-16-27(33-19-25)29(2,3)21-32)34-18-17-31(37-28(34)35,20-30(4,5)36)26-9-7-6-8-10-26/h6-16,19,22,36H,17-18,20H2,1-5H3/t22-,31?/m0/s1. The van der Waals surface area contributed by atoms with Crippen LogP contribution in [0.4, 0.5) is 4.79 Å². The number of nitriles is 1. The van der Waals surface area contributed by atoms with Crippen LogP contribution in [0.25, 0.3) is 11.1 Å². The van der Waals surface area contributed by atoms with Crippen LogP contribution in [-0.2, 0) is 15.8 Å². The number of aromatic nitrogens is 1. The van der Waals surface area contributed by atoms with E-state index in [4.69, 9.17) is 4.74 Å². The maximum absolute atomic E-state index is 13.3. The Morgan fingerprint density at radius 2 is 1.70 bits per heavy atom. The summed E-state index contributed by atoms with van der Waals surface area (Å²) >= 11 is 0. The number of aliphatic hydroxyl groups is 1. The quantitative estimate of drug-likeness (QED) is 0.402. The third kappa shape index (κ3) is 5.68. The molecule has 0 spiro atoms. The Kier molecular flexibility index (Phi) is 7.12. The smallest absolute Gasteiger partial charge is 0.411 e. The Balaban J connectivity index is 1.50. The fraction of sp³-hybridized carbons (Fsp3) is 0.387. The monoisotopic (exact) mass is 497 g/mol. The molecule has 6 nitrogen and oxygen atoms in total. The SMILES string of the molecule is C[C@@H](c1ccc(-c2ccc(C(C)(C)C#N)nc2)cc1)N1CCC(CC(C)(C)O)(c2ccccc2)OC1=O. The minimum atomic E-state index is -0.989. The number of pyridine rings is 1. The van der Waals surface area contributed by atoms with Crippen molar-refractivity contribution in [2.45, 2.75) is 70.1 Å². The molecule has 2 atom stereocenters. The van der Waals surface area contributed by atoms with Crippen molar-refractivity contribution in [1.29, 1.82) is 5.26 Å². The van der Waals surface area contributed by atoms with Gasteiger partial charge in [0.1, 0.15) is 5.60 Å². The minimum Gasteiger partial charge on any atom is -0.438 e. The lowest BCUT2D eigenvalue weighted by Crippen LogP contribution is -2.51. The predicted octanol–water partition coefficient (Wildman–Crippen LogP) is 6.51. The van der Waals surface area contributed by atoms with E-state index in [1.165, 1.54) is 0 Å². The van der Waals surface area contributed by atoms with Crippen LogP contribution in [0.2, 0.25) is 0 Å². The zero-order chi connectivity index (χ0) is 26.8. The molecule has 1 aromatic heterocycles. The van der Waals surface area contributed by atoms with Crippen molar-refractivity contribution in [3.8, 4) is 17.2 Å². The van der Waals surface area contributed by atoms with Crippen LogP contribution >= 0.6 is 0 Å². The molecule has 2 heterocycles. The molecule has 37 heavy (non-hydrogen) atoms. The van der Waals surface area contributed by atoms with E-state index in [1.807, 2.05) is 87.5 Å². The summed E-state index contributed by atoms with van der Waals surface area (Å²) in [7, 11) is 0. The minimum absolute atomic E-state index is 0.172. The number of hydrogen-bond acceptors (Lipinski definition) is 5. The summed E-state index contributed by atoms with van der Waals surface area (Å²) in [5, 5.41) is 19.9. The fourth-order valence-corrected chi connectivity index (χ4v) is 5.02. The van der Waals surface area contributed by atoms with Crippen molar-refractivity contribution in [2.75, 3.05) is 6.54 Å². The third-order valence-electron chi connectivity index (χ3n) is 7.17. The Bertz CT molecular complexity index is 1270. The Morgan fingerprint density at radius 3 is 2.24 bits per heavy atom. The molecule has 1 amide bonds. The average Bonchev–Trinajstić information content (AvgIpc) is 2.88. The predicted molar refractivity (Wildman–Crippen MR) is 144 cm³/mol. The lowest BCUT2D eigenvalue weighted by atomic mass is 9.80. The zero-order valence-electron chi connectivity index (χ0n) is 22.2. The lowest BCUT2D eigenvalue weighted by Gasteiger charge is -2.45. The van der Waals surface area contributed by atoms with Crippen LogP contribution in [-0.4, -0.2) is 33.2 Å². The van der Waals surface area contributed by atoms with E-state index in [-0.39, 0.29) is 12.1 Å². The molecule has 2 aromatic carbocycles. The molecule has 1 unspecified atom stereocenters. The largest absolute Gasteiger partial charge is 0.438 e.